The molecule has 168 valence electrons. The maximum atomic E-state index is 12.7. The zero-order valence-electron chi connectivity index (χ0n) is 16.8. The number of nitrogens with one attached hydrogen (secondary N) is 4. The van der Waals surface area contributed by atoms with Gasteiger partial charge >= 0.3 is 5.97 Å². The van der Waals surface area contributed by atoms with E-state index in [1.807, 2.05) is 6.26 Å². The van der Waals surface area contributed by atoms with Gasteiger partial charge in [0.15, 0.2) is 0 Å². The standard InChI is InChI=1S/C17H28N6O6S/c1-9(24)14(23-13(25)6-18)16(27)21-11(3-4-30-2)15(26)22-12(17(28)29)5-10-7-19-8-20-10/h7-9,11-12,14,24H,3-6,18H2,1-2H3,(H,19,20)(H,21,27)(H,22,26)(H,23,25)(H,28,29). The molecule has 0 aromatic carbocycles. The molecule has 3 amide bonds. The van der Waals surface area contributed by atoms with Gasteiger partial charge in [-0.25, -0.2) is 9.78 Å². The summed E-state index contributed by atoms with van der Waals surface area (Å²) in [4.78, 5) is 54.9. The minimum atomic E-state index is -1.31. The Hall–Kier alpha value is -2.64. The Morgan fingerprint density at radius 3 is 2.37 bits per heavy atom. The van der Waals surface area contributed by atoms with E-state index in [1.54, 1.807) is 0 Å². The first kappa shape index (κ1) is 25.4. The molecular weight excluding hydrogens is 416 g/mol. The van der Waals surface area contributed by atoms with Gasteiger partial charge in [-0.3, -0.25) is 14.4 Å². The summed E-state index contributed by atoms with van der Waals surface area (Å²) in [7, 11) is 0. The lowest BCUT2D eigenvalue weighted by Crippen LogP contribution is -2.59. The van der Waals surface area contributed by atoms with Crippen molar-refractivity contribution in [2.45, 2.75) is 44.0 Å². The number of aliphatic hydroxyl groups is 1. The minimum absolute atomic E-state index is 0.0207. The number of aliphatic hydroxyl groups excluding tert-OH is 1. The lowest BCUT2D eigenvalue weighted by Gasteiger charge is -2.25. The molecule has 0 aliphatic heterocycles. The maximum absolute atomic E-state index is 12.7. The van der Waals surface area contributed by atoms with Gasteiger partial charge < -0.3 is 36.9 Å². The molecule has 30 heavy (non-hydrogen) atoms. The van der Waals surface area contributed by atoms with Crippen LogP contribution in [0.4, 0.5) is 0 Å². The van der Waals surface area contributed by atoms with Crippen molar-refractivity contribution in [2.24, 2.45) is 5.73 Å². The summed E-state index contributed by atoms with van der Waals surface area (Å²) in [5.74, 6) is -2.87. The molecule has 0 fully saturated rings. The molecule has 0 radical (unpaired) electrons. The molecule has 0 bridgehead atoms. The maximum Gasteiger partial charge on any atom is 0.326 e. The molecule has 4 unspecified atom stereocenters. The number of rotatable bonds is 13. The van der Waals surface area contributed by atoms with Crippen molar-refractivity contribution in [3.63, 3.8) is 0 Å². The third kappa shape index (κ3) is 8.39. The number of aliphatic carboxylic acids is 1. The molecule has 0 aliphatic carbocycles. The molecule has 0 saturated heterocycles. The van der Waals surface area contributed by atoms with Gasteiger partial charge in [-0.05, 0) is 25.4 Å². The average Bonchev–Trinajstić information content (AvgIpc) is 3.20. The fourth-order valence-corrected chi connectivity index (χ4v) is 2.96. The predicted octanol–water partition coefficient (Wildman–Crippen LogP) is -2.42. The number of carboxylic acids is 1. The van der Waals surface area contributed by atoms with Crippen LogP contribution >= 0.6 is 11.8 Å². The van der Waals surface area contributed by atoms with Gasteiger partial charge in [-0.2, -0.15) is 11.8 Å². The Kier molecular flexibility index (Phi) is 10.9. The second-order valence-corrected chi connectivity index (χ2v) is 7.50. The topological polar surface area (TPSA) is 200 Å². The van der Waals surface area contributed by atoms with Crippen molar-refractivity contribution in [1.29, 1.82) is 0 Å². The first-order valence-electron chi connectivity index (χ1n) is 9.16. The largest absolute Gasteiger partial charge is 0.480 e. The molecule has 0 spiro atoms. The summed E-state index contributed by atoms with van der Waals surface area (Å²) >= 11 is 1.44. The van der Waals surface area contributed by atoms with E-state index >= 15 is 0 Å². The number of imidazole rings is 1. The number of hydrogen-bond acceptors (Lipinski definition) is 8. The van der Waals surface area contributed by atoms with Crippen LogP contribution < -0.4 is 21.7 Å². The van der Waals surface area contributed by atoms with Crippen LogP contribution in [-0.4, -0.2) is 86.7 Å². The summed E-state index contributed by atoms with van der Waals surface area (Å²) in [6.45, 7) is 0.934. The molecule has 1 rings (SSSR count). The molecular formula is C17H28N6O6S. The zero-order valence-corrected chi connectivity index (χ0v) is 17.6. The molecule has 13 heteroatoms. The molecule has 0 aliphatic rings. The van der Waals surface area contributed by atoms with Crippen LogP contribution in [0.25, 0.3) is 0 Å². The number of thioether (sulfide) groups is 1. The Morgan fingerprint density at radius 2 is 1.87 bits per heavy atom. The molecule has 1 heterocycles. The van der Waals surface area contributed by atoms with Crippen molar-refractivity contribution in [3.8, 4) is 0 Å². The van der Waals surface area contributed by atoms with Crippen molar-refractivity contribution < 1.29 is 29.4 Å². The van der Waals surface area contributed by atoms with Crippen LogP contribution in [0.1, 0.15) is 19.0 Å². The van der Waals surface area contributed by atoms with Gasteiger partial charge in [0.25, 0.3) is 0 Å². The second kappa shape index (κ2) is 12.8. The van der Waals surface area contributed by atoms with Crippen LogP contribution in [0.2, 0.25) is 0 Å². The Morgan fingerprint density at radius 1 is 1.20 bits per heavy atom. The number of hydrogen-bond donors (Lipinski definition) is 7. The van der Waals surface area contributed by atoms with Gasteiger partial charge in [0.1, 0.15) is 18.1 Å². The third-order valence-electron chi connectivity index (χ3n) is 4.10. The van der Waals surface area contributed by atoms with E-state index in [0.29, 0.717) is 11.4 Å². The van der Waals surface area contributed by atoms with E-state index in [-0.39, 0.29) is 19.4 Å². The summed E-state index contributed by atoms with van der Waals surface area (Å²) in [5.41, 5.74) is 5.74. The number of carboxylic acid groups (broad SMARTS) is 1. The lowest BCUT2D eigenvalue weighted by atomic mass is 10.1. The van der Waals surface area contributed by atoms with Crippen LogP contribution in [0, 0.1) is 0 Å². The highest BCUT2D eigenvalue weighted by molar-refractivity contribution is 7.98. The van der Waals surface area contributed by atoms with Crippen LogP contribution in [0.3, 0.4) is 0 Å². The predicted molar refractivity (Wildman–Crippen MR) is 109 cm³/mol. The van der Waals surface area contributed by atoms with E-state index in [2.05, 4.69) is 25.9 Å². The first-order valence-corrected chi connectivity index (χ1v) is 10.6. The molecule has 4 atom stereocenters. The number of aromatic nitrogens is 2. The molecule has 0 saturated carbocycles. The minimum Gasteiger partial charge on any atom is -0.480 e. The molecule has 1 aromatic rings. The van der Waals surface area contributed by atoms with E-state index in [9.17, 15) is 29.4 Å². The number of nitrogens with two attached hydrogens (primary N) is 1. The Balaban J connectivity index is 2.89. The van der Waals surface area contributed by atoms with E-state index in [1.165, 1.54) is 31.2 Å². The van der Waals surface area contributed by atoms with Crippen molar-refractivity contribution in [2.75, 3.05) is 18.6 Å². The van der Waals surface area contributed by atoms with Crippen molar-refractivity contribution in [1.82, 2.24) is 25.9 Å². The summed E-state index contributed by atoms with van der Waals surface area (Å²) in [5, 5.41) is 26.4. The lowest BCUT2D eigenvalue weighted by molar-refractivity contribution is -0.142. The Bertz CT molecular complexity index is 714. The second-order valence-electron chi connectivity index (χ2n) is 6.51. The third-order valence-corrected chi connectivity index (χ3v) is 4.75. The monoisotopic (exact) mass is 444 g/mol. The van der Waals surface area contributed by atoms with Crippen molar-refractivity contribution >= 4 is 35.5 Å². The molecule has 12 nitrogen and oxygen atoms in total. The van der Waals surface area contributed by atoms with E-state index in [0.717, 1.165) is 0 Å². The Labute approximate surface area is 177 Å². The van der Waals surface area contributed by atoms with Crippen LogP contribution in [-0.2, 0) is 25.6 Å². The fraction of sp³-hybridized carbons (Fsp3) is 0.588. The SMILES string of the molecule is CSCCC(NC(=O)C(NC(=O)CN)C(C)O)C(=O)NC(Cc1cnc[nH]1)C(=O)O. The van der Waals surface area contributed by atoms with E-state index in [4.69, 9.17) is 5.73 Å². The number of carbonyl (C=O) groups excluding carboxylic acids is 3. The van der Waals surface area contributed by atoms with Gasteiger partial charge in [0, 0.05) is 18.3 Å². The normalized spacial score (nSPS) is 14.8. The number of aromatic amines is 1. The summed E-state index contributed by atoms with van der Waals surface area (Å²) < 4.78 is 0. The van der Waals surface area contributed by atoms with Gasteiger partial charge in [0.05, 0.1) is 19.0 Å². The smallest absolute Gasteiger partial charge is 0.326 e. The summed E-state index contributed by atoms with van der Waals surface area (Å²) in [6, 6.07) is -3.62. The van der Waals surface area contributed by atoms with Crippen LogP contribution in [0.5, 0.6) is 0 Å². The number of amides is 3. The average molecular weight is 445 g/mol. The zero-order chi connectivity index (χ0) is 22.7. The first-order chi connectivity index (χ1) is 14.2. The quantitative estimate of drug-likeness (QED) is 0.173. The fourth-order valence-electron chi connectivity index (χ4n) is 2.49. The van der Waals surface area contributed by atoms with Gasteiger partial charge in [-0.15, -0.1) is 0 Å². The van der Waals surface area contributed by atoms with Gasteiger partial charge in [-0.1, -0.05) is 0 Å². The van der Waals surface area contributed by atoms with Crippen LogP contribution in [0.15, 0.2) is 12.5 Å². The highest BCUT2D eigenvalue weighted by Crippen LogP contribution is 2.05. The van der Waals surface area contributed by atoms with Gasteiger partial charge in [0.2, 0.25) is 17.7 Å². The number of nitrogens with zero attached hydrogens (tertiary/aromatic N) is 1. The number of carbonyl (C=O) groups is 4. The molecule has 8 N–H and O–H groups in total. The number of H-pyrrole nitrogens is 1. The van der Waals surface area contributed by atoms with E-state index < -0.39 is 47.9 Å². The summed E-state index contributed by atoms with van der Waals surface area (Å²) in [6.07, 6.45) is 3.61. The highest BCUT2D eigenvalue weighted by Gasteiger charge is 2.31. The van der Waals surface area contributed by atoms with Crippen molar-refractivity contribution in [3.05, 3.63) is 18.2 Å². The highest BCUT2D eigenvalue weighted by atomic mass is 32.2. The molecule has 1 aromatic heterocycles.